The molecule has 18 heavy (non-hydrogen) atoms. The van der Waals surface area contributed by atoms with Gasteiger partial charge in [-0.2, -0.15) is 0 Å². The van der Waals surface area contributed by atoms with Gasteiger partial charge < -0.3 is 4.90 Å². The maximum absolute atomic E-state index is 12.1. The summed E-state index contributed by atoms with van der Waals surface area (Å²) in [5.74, 6) is 1.28. The number of carbonyl (C=O) groups excluding carboxylic acids is 1. The van der Waals surface area contributed by atoms with E-state index in [1.165, 1.54) is 19.3 Å². The lowest BCUT2D eigenvalue weighted by Crippen LogP contribution is -2.54. The fourth-order valence-electron chi connectivity index (χ4n) is 3.37. The molecule has 1 saturated heterocycles. The van der Waals surface area contributed by atoms with E-state index in [1.807, 2.05) is 4.90 Å². The highest BCUT2D eigenvalue weighted by Gasteiger charge is 2.51. The molecule has 4 nitrogen and oxygen atoms in total. The van der Waals surface area contributed by atoms with E-state index in [-0.39, 0.29) is 6.03 Å². The molecule has 1 saturated carbocycles. The Kier molecular flexibility index (Phi) is 3.64. The maximum Gasteiger partial charge on any atom is 0.323 e. The van der Waals surface area contributed by atoms with Crippen LogP contribution in [0.2, 0.25) is 0 Å². The van der Waals surface area contributed by atoms with E-state index in [9.17, 15) is 4.79 Å². The topological polar surface area (TPSA) is 56.2 Å². The number of urea groups is 1. The normalized spacial score (nSPS) is 30.1. The zero-order valence-corrected chi connectivity index (χ0v) is 11.8. The first-order valence-electron chi connectivity index (χ1n) is 7.14. The summed E-state index contributed by atoms with van der Waals surface area (Å²) >= 11 is 0. The van der Waals surface area contributed by atoms with E-state index in [1.54, 1.807) is 0 Å². The van der Waals surface area contributed by atoms with Crippen molar-refractivity contribution >= 4 is 11.9 Å². The predicted molar refractivity (Wildman–Crippen MR) is 72.8 cm³/mol. The minimum atomic E-state index is -0.401. The molecule has 102 valence electrons. The highest BCUT2D eigenvalue weighted by Crippen LogP contribution is 2.39. The molecule has 2 N–H and O–H groups in total. The number of hydrogen-bond acceptors (Lipinski definition) is 2. The van der Waals surface area contributed by atoms with Gasteiger partial charge in [-0.1, -0.05) is 33.1 Å². The van der Waals surface area contributed by atoms with Crippen LogP contribution in [-0.4, -0.2) is 28.9 Å². The molecule has 1 unspecified atom stereocenters. The lowest BCUT2D eigenvalue weighted by atomic mass is 9.74. The van der Waals surface area contributed by atoms with Crippen LogP contribution in [-0.2, 0) is 0 Å². The van der Waals surface area contributed by atoms with Crippen molar-refractivity contribution in [1.82, 2.24) is 10.2 Å². The molecule has 0 radical (unpaired) electrons. The minimum Gasteiger partial charge on any atom is -0.311 e. The summed E-state index contributed by atoms with van der Waals surface area (Å²) in [4.78, 5) is 14.0. The monoisotopic (exact) mass is 251 g/mol. The van der Waals surface area contributed by atoms with Gasteiger partial charge >= 0.3 is 6.03 Å². The fraction of sp³-hybridized carbons (Fsp3) is 0.857. The summed E-state index contributed by atoms with van der Waals surface area (Å²) in [7, 11) is 0. The molecule has 1 aliphatic heterocycles. The van der Waals surface area contributed by atoms with Gasteiger partial charge in [-0.05, 0) is 31.6 Å². The molecule has 1 atom stereocenters. The quantitative estimate of drug-likeness (QED) is 0.796. The number of carbonyl (C=O) groups is 1. The molecule has 2 rings (SSSR count). The van der Waals surface area contributed by atoms with Crippen molar-refractivity contribution in [3.8, 4) is 0 Å². The van der Waals surface area contributed by atoms with Crippen molar-refractivity contribution in [2.45, 2.75) is 58.4 Å². The van der Waals surface area contributed by atoms with E-state index in [4.69, 9.17) is 5.41 Å². The molecule has 2 amide bonds. The Bertz CT molecular complexity index is 347. The number of nitrogens with one attached hydrogen (secondary N) is 2. The molecule has 0 bridgehead atoms. The van der Waals surface area contributed by atoms with Crippen molar-refractivity contribution in [2.24, 2.45) is 11.8 Å². The number of amides is 2. The van der Waals surface area contributed by atoms with Gasteiger partial charge in [0, 0.05) is 6.54 Å². The smallest absolute Gasteiger partial charge is 0.311 e. The van der Waals surface area contributed by atoms with Crippen molar-refractivity contribution < 1.29 is 4.79 Å². The van der Waals surface area contributed by atoms with Crippen molar-refractivity contribution in [2.75, 3.05) is 6.54 Å². The Balaban J connectivity index is 2.24. The van der Waals surface area contributed by atoms with Crippen LogP contribution in [0.5, 0.6) is 0 Å². The molecule has 4 heteroatoms. The molecule has 2 aliphatic rings. The van der Waals surface area contributed by atoms with Crippen LogP contribution >= 0.6 is 0 Å². The highest BCUT2D eigenvalue weighted by molar-refractivity contribution is 6.08. The van der Waals surface area contributed by atoms with E-state index in [2.05, 4.69) is 26.1 Å². The van der Waals surface area contributed by atoms with Gasteiger partial charge in [0.05, 0.1) is 0 Å². The van der Waals surface area contributed by atoms with Gasteiger partial charge in [-0.15, -0.1) is 0 Å². The summed E-state index contributed by atoms with van der Waals surface area (Å²) in [5, 5.41) is 10.9. The SMILES string of the molecule is CC(C)CN1C(=O)NC(=N)C1(C)C1CCCCC1. The van der Waals surface area contributed by atoms with Crippen LogP contribution in [0.4, 0.5) is 4.79 Å². The highest BCUT2D eigenvalue weighted by atomic mass is 16.2. The van der Waals surface area contributed by atoms with Gasteiger partial charge in [-0.25, -0.2) is 4.79 Å². The third-order valence-corrected chi connectivity index (χ3v) is 4.49. The van der Waals surface area contributed by atoms with E-state index in [0.717, 1.165) is 19.4 Å². The Morgan fingerprint density at radius 3 is 2.56 bits per heavy atom. The van der Waals surface area contributed by atoms with Gasteiger partial charge in [-0.3, -0.25) is 10.7 Å². The average molecular weight is 251 g/mol. The summed E-state index contributed by atoms with van der Waals surface area (Å²) in [5.41, 5.74) is -0.401. The Labute approximate surface area is 110 Å². The summed E-state index contributed by atoms with van der Waals surface area (Å²) in [6.45, 7) is 7.06. The summed E-state index contributed by atoms with van der Waals surface area (Å²) in [6.07, 6.45) is 6.05. The molecule has 0 spiro atoms. The first-order valence-corrected chi connectivity index (χ1v) is 7.14. The minimum absolute atomic E-state index is 0.0817. The second-order valence-electron chi connectivity index (χ2n) is 6.29. The molecular formula is C14H25N3O. The molecule has 0 aromatic carbocycles. The third-order valence-electron chi connectivity index (χ3n) is 4.49. The Hall–Kier alpha value is -1.06. The lowest BCUT2D eigenvalue weighted by molar-refractivity contribution is 0.113. The third kappa shape index (κ3) is 2.13. The van der Waals surface area contributed by atoms with Crippen LogP contribution in [0, 0.1) is 17.2 Å². The van der Waals surface area contributed by atoms with Gasteiger partial charge in [0.15, 0.2) is 0 Å². The van der Waals surface area contributed by atoms with Crippen molar-refractivity contribution in [1.29, 1.82) is 5.41 Å². The number of amidine groups is 1. The predicted octanol–water partition coefficient (Wildman–Crippen LogP) is 2.98. The molecule has 1 heterocycles. The number of hydrogen-bond donors (Lipinski definition) is 2. The average Bonchev–Trinajstić information content (AvgIpc) is 2.55. The number of nitrogens with zero attached hydrogens (tertiary/aromatic N) is 1. The zero-order chi connectivity index (χ0) is 13.3. The zero-order valence-electron chi connectivity index (χ0n) is 11.8. The first kappa shape index (κ1) is 13.4. The maximum atomic E-state index is 12.1. The molecule has 0 aromatic rings. The summed E-state index contributed by atoms with van der Waals surface area (Å²) in [6, 6.07) is -0.0817. The van der Waals surface area contributed by atoms with Crippen molar-refractivity contribution in [3.63, 3.8) is 0 Å². The van der Waals surface area contributed by atoms with Gasteiger partial charge in [0.2, 0.25) is 0 Å². The van der Waals surface area contributed by atoms with E-state index >= 15 is 0 Å². The molecule has 2 fully saturated rings. The summed E-state index contributed by atoms with van der Waals surface area (Å²) < 4.78 is 0. The second kappa shape index (κ2) is 4.90. The van der Waals surface area contributed by atoms with Gasteiger partial charge in [0.25, 0.3) is 0 Å². The standard InChI is InChI=1S/C14H25N3O/c1-10(2)9-17-13(18)16-12(15)14(17,3)11-7-5-4-6-8-11/h10-11H,4-9H2,1-3H3,(H2,15,16,18). The lowest BCUT2D eigenvalue weighted by Gasteiger charge is -2.42. The van der Waals surface area contributed by atoms with Crippen LogP contribution in [0.15, 0.2) is 0 Å². The van der Waals surface area contributed by atoms with Crippen molar-refractivity contribution in [3.05, 3.63) is 0 Å². The number of rotatable bonds is 3. The molecular weight excluding hydrogens is 226 g/mol. The van der Waals surface area contributed by atoms with E-state index in [0.29, 0.717) is 17.7 Å². The second-order valence-corrected chi connectivity index (χ2v) is 6.29. The van der Waals surface area contributed by atoms with Crippen LogP contribution < -0.4 is 5.32 Å². The van der Waals surface area contributed by atoms with Crippen LogP contribution in [0.1, 0.15) is 52.9 Å². The molecule has 0 aromatic heterocycles. The van der Waals surface area contributed by atoms with E-state index < -0.39 is 5.54 Å². The molecule has 1 aliphatic carbocycles. The largest absolute Gasteiger partial charge is 0.323 e. The Morgan fingerprint density at radius 1 is 1.39 bits per heavy atom. The first-order chi connectivity index (χ1) is 8.46. The van der Waals surface area contributed by atoms with Crippen LogP contribution in [0.3, 0.4) is 0 Å². The Morgan fingerprint density at radius 2 is 2.00 bits per heavy atom. The fourth-order valence-corrected chi connectivity index (χ4v) is 3.37. The van der Waals surface area contributed by atoms with Crippen LogP contribution in [0.25, 0.3) is 0 Å². The van der Waals surface area contributed by atoms with Gasteiger partial charge in [0.1, 0.15) is 11.4 Å².